The standard InChI is InChI=1S/C5H3N7/c1-3-4(7-2-6-3)8-5-9-10-11-12(1)5/h1-2H,(H,6,7,8,9,11). The highest BCUT2D eigenvalue weighted by Gasteiger charge is 2.02. The molecule has 0 bridgehead atoms. The Morgan fingerprint density at radius 2 is 2.42 bits per heavy atom. The average Bonchev–Trinajstić information content (AvgIpc) is 2.64. The Bertz CT molecular complexity index is 444. The number of fused-ring (bicyclic) bond motifs is 2. The van der Waals surface area contributed by atoms with Crippen LogP contribution >= 0.6 is 0 Å². The average molecular weight is 161 g/mol. The molecular weight excluding hydrogens is 158 g/mol. The summed E-state index contributed by atoms with van der Waals surface area (Å²) >= 11 is 0. The predicted molar refractivity (Wildman–Crippen MR) is 38.2 cm³/mol. The van der Waals surface area contributed by atoms with Crippen LogP contribution in [0.15, 0.2) is 12.5 Å². The molecule has 7 nitrogen and oxygen atoms in total. The second-order valence-corrected chi connectivity index (χ2v) is 2.30. The minimum Gasteiger partial charge on any atom is -0.342 e. The summed E-state index contributed by atoms with van der Waals surface area (Å²) in [5.74, 6) is 0.453. The lowest BCUT2D eigenvalue weighted by molar-refractivity contribution is 0.824. The molecule has 0 radical (unpaired) electrons. The molecule has 12 heavy (non-hydrogen) atoms. The van der Waals surface area contributed by atoms with E-state index < -0.39 is 0 Å². The maximum absolute atomic E-state index is 4.08. The van der Waals surface area contributed by atoms with Gasteiger partial charge in [0.1, 0.15) is 5.52 Å². The van der Waals surface area contributed by atoms with Crippen molar-refractivity contribution in [1.29, 1.82) is 0 Å². The van der Waals surface area contributed by atoms with E-state index in [1.54, 1.807) is 12.5 Å². The third kappa shape index (κ3) is 0.570. The normalized spacial score (nSPS) is 11.3. The third-order valence-electron chi connectivity index (χ3n) is 1.58. The van der Waals surface area contributed by atoms with Crippen LogP contribution in [0.25, 0.3) is 16.9 Å². The monoisotopic (exact) mass is 161 g/mol. The molecule has 58 valence electrons. The van der Waals surface area contributed by atoms with Crippen molar-refractivity contribution in [3.05, 3.63) is 12.5 Å². The lowest BCUT2D eigenvalue weighted by Gasteiger charge is -1.87. The molecule has 3 aromatic rings. The van der Waals surface area contributed by atoms with Gasteiger partial charge >= 0.3 is 0 Å². The second kappa shape index (κ2) is 1.76. The van der Waals surface area contributed by atoms with Crippen LogP contribution in [0, 0.1) is 0 Å². The molecule has 0 fully saturated rings. The first kappa shape index (κ1) is 5.58. The van der Waals surface area contributed by atoms with Gasteiger partial charge in [-0.05, 0) is 10.4 Å². The third-order valence-corrected chi connectivity index (χ3v) is 1.58. The largest absolute Gasteiger partial charge is 0.342 e. The Morgan fingerprint density at radius 3 is 3.42 bits per heavy atom. The van der Waals surface area contributed by atoms with Gasteiger partial charge in [-0.1, -0.05) is 5.10 Å². The van der Waals surface area contributed by atoms with Crippen molar-refractivity contribution < 1.29 is 0 Å². The molecule has 0 saturated heterocycles. The Hall–Kier alpha value is -2.05. The molecule has 3 aromatic heterocycles. The van der Waals surface area contributed by atoms with E-state index in [2.05, 4.69) is 30.5 Å². The summed E-state index contributed by atoms with van der Waals surface area (Å²) in [7, 11) is 0. The maximum Gasteiger partial charge on any atom is 0.275 e. The van der Waals surface area contributed by atoms with Gasteiger partial charge in [-0.15, -0.1) is 0 Å². The van der Waals surface area contributed by atoms with Crippen LogP contribution in [0.2, 0.25) is 0 Å². The smallest absolute Gasteiger partial charge is 0.275 e. The number of rotatable bonds is 0. The molecule has 0 atom stereocenters. The topological polar surface area (TPSA) is 84.7 Å². The van der Waals surface area contributed by atoms with E-state index in [9.17, 15) is 0 Å². The summed E-state index contributed by atoms with van der Waals surface area (Å²) in [6.45, 7) is 0. The zero-order chi connectivity index (χ0) is 7.97. The molecule has 0 aromatic carbocycles. The molecule has 0 unspecified atom stereocenters. The highest BCUT2D eigenvalue weighted by Crippen LogP contribution is 2.04. The molecule has 3 rings (SSSR count). The van der Waals surface area contributed by atoms with Crippen LogP contribution in [0.3, 0.4) is 0 Å². The first-order valence-electron chi connectivity index (χ1n) is 3.31. The zero-order valence-corrected chi connectivity index (χ0v) is 5.84. The van der Waals surface area contributed by atoms with E-state index in [0.717, 1.165) is 5.52 Å². The number of hydrogen-bond donors (Lipinski definition) is 1. The summed E-state index contributed by atoms with van der Waals surface area (Å²) in [5, 5.41) is 10.8. The van der Waals surface area contributed by atoms with Gasteiger partial charge in [-0.25, -0.2) is 4.98 Å². The van der Waals surface area contributed by atoms with Crippen molar-refractivity contribution in [2.24, 2.45) is 0 Å². The lowest BCUT2D eigenvalue weighted by atomic mass is 10.6. The van der Waals surface area contributed by atoms with E-state index in [1.807, 2.05) is 0 Å². The van der Waals surface area contributed by atoms with Crippen LogP contribution in [0.1, 0.15) is 0 Å². The lowest BCUT2D eigenvalue weighted by Crippen LogP contribution is -1.90. The van der Waals surface area contributed by atoms with Crippen molar-refractivity contribution >= 4 is 16.9 Å². The van der Waals surface area contributed by atoms with Crippen LogP contribution in [0.4, 0.5) is 0 Å². The molecule has 1 N–H and O–H groups in total. The van der Waals surface area contributed by atoms with E-state index >= 15 is 0 Å². The fourth-order valence-electron chi connectivity index (χ4n) is 1.04. The van der Waals surface area contributed by atoms with E-state index in [1.165, 1.54) is 4.52 Å². The number of aromatic nitrogens is 7. The van der Waals surface area contributed by atoms with Crippen molar-refractivity contribution in [3.63, 3.8) is 0 Å². The van der Waals surface area contributed by atoms with Crippen LogP contribution in [-0.4, -0.2) is 35.0 Å². The van der Waals surface area contributed by atoms with Gasteiger partial charge in [0.2, 0.25) is 0 Å². The molecule has 0 aliphatic heterocycles. The molecule has 0 aliphatic rings. The minimum absolute atomic E-state index is 0.453. The fraction of sp³-hybridized carbons (Fsp3) is 0. The van der Waals surface area contributed by atoms with Gasteiger partial charge in [0.15, 0.2) is 5.65 Å². The Morgan fingerprint density at radius 1 is 1.42 bits per heavy atom. The quantitative estimate of drug-likeness (QED) is 0.475. The molecule has 0 spiro atoms. The van der Waals surface area contributed by atoms with Crippen LogP contribution in [0.5, 0.6) is 0 Å². The van der Waals surface area contributed by atoms with Gasteiger partial charge in [-0.2, -0.15) is 9.50 Å². The summed E-state index contributed by atoms with van der Waals surface area (Å²) in [4.78, 5) is 11.0. The first-order chi connectivity index (χ1) is 5.93. The SMILES string of the molecule is c1nc2nc3nnnn3cc2[nH]1. The van der Waals surface area contributed by atoms with E-state index in [4.69, 9.17) is 0 Å². The summed E-state index contributed by atoms with van der Waals surface area (Å²) < 4.78 is 1.49. The van der Waals surface area contributed by atoms with Crippen molar-refractivity contribution in [2.75, 3.05) is 0 Å². The van der Waals surface area contributed by atoms with Gasteiger partial charge in [0, 0.05) is 0 Å². The van der Waals surface area contributed by atoms with E-state index in [0.29, 0.717) is 11.4 Å². The predicted octanol–water partition coefficient (Wildman–Crippen LogP) is -0.604. The summed E-state index contributed by atoms with van der Waals surface area (Å²) in [6, 6.07) is 0. The van der Waals surface area contributed by atoms with Gasteiger partial charge in [0.05, 0.1) is 12.5 Å². The Kier molecular flexibility index (Phi) is 0.817. The van der Waals surface area contributed by atoms with Gasteiger partial charge in [-0.3, -0.25) is 0 Å². The Balaban J connectivity index is 2.62. The first-order valence-corrected chi connectivity index (χ1v) is 3.31. The fourth-order valence-corrected chi connectivity index (χ4v) is 1.04. The molecule has 0 amide bonds. The minimum atomic E-state index is 0.453. The highest BCUT2D eigenvalue weighted by molar-refractivity contribution is 5.70. The van der Waals surface area contributed by atoms with Crippen molar-refractivity contribution in [3.8, 4) is 0 Å². The summed E-state index contributed by atoms with van der Waals surface area (Å²) in [5.41, 5.74) is 1.44. The van der Waals surface area contributed by atoms with Gasteiger partial charge in [0.25, 0.3) is 5.78 Å². The number of aromatic amines is 1. The summed E-state index contributed by atoms with van der Waals surface area (Å²) in [6.07, 6.45) is 3.31. The number of hydrogen-bond acceptors (Lipinski definition) is 5. The molecule has 0 aliphatic carbocycles. The Labute approximate surface area is 65.4 Å². The number of nitrogens with zero attached hydrogens (tertiary/aromatic N) is 6. The number of nitrogens with one attached hydrogen (secondary N) is 1. The molecular formula is C5H3N7. The molecule has 7 heteroatoms. The van der Waals surface area contributed by atoms with Crippen molar-refractivity contribution in [1.82, 2.24) is 35.0 Å². The van der Waals surface area contributed by atoms with Crippen LogP contribution in [-0.2, 0) is 0 Å². The zero-order valence-electron chi connectivity index (χ0n) is 5.84. The number of tetrazole rings is 1. The van der Waals surface area contributed by atoms with Gasteiger partial charge < -0.3 is 4.98 Å². The van der Waals surface area contributed by atoms with Crippen LogP contribution < -0.4 is 0 Å². The molecule has 3 heterocycles. The molecule has 0 saturated carbocycles. The number of imidazole rings is 1. The highest BCUT2D eigenvalue weighted by atomic mass is 15.5. The van der Waals surface area contributed by atoms with Crippen molar-refractivity contribution in [2.45, 2.75) is 0 Å². The number of H-pyrrole nitrogens is 1. The van der Waals surface area contributed by atoms with E-state index in [-0.39, 0.29) is 0 Å². The maximum atomic E-state index is 4.08. The second-order valence-electron chi connectivity index (χ2n) is 2.30.